The van der Waals surface area contributed by atoms with E-state index in [4.69, 9.17) is 21.1 Å². The molecule has 1 amide bonds. The fraction of sp³-hybridized carbons (Fsp3) is 0.360. The fourth-order valence-electron chi connectivity index (χ4n) is 3.64. The van der Waals surface area contributed by atoms with Crippen molar-refractivity contribution in [3.63, 3.8) is 0 Å². The maximum absolute atomic E-state index is 12.3. The average Bonchev–Trinajstić information content (AvgIpc) is 3.33. The number of amides is 1. The largest absolute Gasteiger partial charge is 0.465 e. The van der Waals surface area contributed by atoms with Gasteiger partial charge in [-0.25, -0.2) is 9.59 Å². The molecule has 1 fully saturated rings. The molecule has 0 unspecified atom stereocenters. The molecule has 0 atom stereocenters. The Morgan fingerprint density at radius 2 is 1.57 bits per heavy atom. The number of anilines is 1. The Morgan fingerprint density at radius 3 is 2.17 bits per heavy atom. The smallest absolute Gasteiger partial charge is 0.410 e. The summed E-state index contributed by atoms with van der Waals surface area (Å²) in [6.07, 6.45) is -0.281. The molecule has 3 aromatic rings. The van der Waals surface area contributed by atoms with Crippen molar-refractivity contribution in [1.29, 1.82) is 0 Å². The zero-order chi connectivity index (χ0) is 25.2. The number of esters is 1. The molecule has 1 aromatic heterocycles. The number of halogens is 1. The van der Waals surface area contributed by atoms with Crippen molar-refractivity contribution < 1.29 is 19.1 Å². The predicted octanol–water partition coefficient (Wildman–Crippen LogP) is 5.37. The molecule has 0 radical (unpaired) electrons. The molecule has 0 bridgehead atoms. The number of rotatable bonds is 4. The van der Waals surface area contributed by atoms with Crippen LogP contribution < -0.4 is 4.90 Å². The van der Waals surface area contributed by atoms with Crippen molar-refractivity contribution in [2.45, 2.75) is 26.4 Å². The van der Waals surface area contributed by atoms with Crippen LogP contribution in [0.5, 0.6) is 0 Å². The van der Waals surface area contributed by atoms with Crippen LogP contribution in [0.25, 0.3) is 21.7 Å². The van der Waals surface area contributed by atoms with Crippen LogP contribution in [-0.2, 0) is 9.47 Å². The number of ether oxygens (including phenoxy) is 2. The van der Waals surface area contributed by atoms with Gasteiger partial charge in [0.2, 0.25) is 5.13 Å². The van der Waals surface area contributed by atoms with Crippen molar-refractivity contribution in [1.82, 2.24) is 15.1 Å². The lowest BCUT2D eigenvalue weighted by Crippen LogP contribution is -2.50. The molecule has 184 valence electrons. The molecule has 4 rings (SSSR count). The van der Waals surface area contributed by atoms with E-state index in [1.165, 1.54) is 18.4 Å². The quantitative estimate of drug-likeness (QED) is 0.433. The summed E-state index contributed by atoms with van der Waals surface area (Å²) in [5.41, 5.74) is 2.66. The summed E-state index contributed by atoms with van der Waals surface area (Å²) in [5, 5.41) is 10.7. The summed E-state index contributed by atoms with van der Waals surface area (Å²) in [4.78, 5) is 27.9. The number of benzene rings is 2. The van der Waals surface area contributed by atoms with Crippen LogP contribution in [0.15, 0.2) is 42.5 Å². The highest BCUT2D eigenvalue weighted by Gasteiger charge is 2.27. The first-order valence-electron chi connectivity index (χ1n) is 11.2. The van der Waals surface area contributed by atoms with Gasteiger partial charge in [0.15, 0.2) is 0 Å². The van der Waals surface area contributed by atoms with E-state index in [1.807, 2.05) is 51.1 Å². The van der Waals surface area contributed by atoms with Gasteiger partial charge in [-0.2, -0.15) is 0 Å². The summed E-state index contributed by atoms with van der Waals surface area (Å²) in [5.74, 6) is -0.463. The summed E-state index contributed by atoms with van der Waals surface area (Å²) in [6, 6.07) is 13.2. The number of nitrogens with zero attached hydrogens (tertiary/aromatic N) is 4. The van der Waals surface area contributed by atoms with Gasteiger partial charge in [0, 0.05) is 31.7 Å². The third-order valence-electron chi connectivity index (χ3n) is 5.46. The molecule has 0 aliphatic carbocycles. The zero-order valence-corrected chi connectivity index (χ0v) is 21.7. The zero-order valence-electron chi connectivity index (χ0n) is 20.1. The first kappa shape index (κ1) is 24.9. The Bertz CT molecular complexity index is 1210. The first-order chi connectivity index (χ1) is 16.6. The number of carbonyl (C=O) groups is 2. The fourth-order valence-corrected chi connectivity index (χ4v) is 4.80. The molecule has 10 heteroatoms. The van der Waals surface area contributed by atoms with Crippen LogP contribution in [0.3, 0.4) is 0 Å². The molecular formula is C25H27ClN4O4S. The average molecular weight is 515 g/mol. The number of aromatic nitrogens is 2. The van der Waals surface area contributed by atoms with E-state index in [-0.39, 0.29) is 6.09 Å². The molecule has 35 heavy (non-hydrogen) atoms. The highest BCUT2D eigenvalue weighted by Crippen LogP contribution is 2.32. The lowest BCUT2D eigenvalue weighted by molar-refractivity contribution is 0.0240. The monoisotopic (exact) mass is 514 g/mol. The van der Waals surface area contributed by atoms with Gasteiger partial charge >= 0.3 is 12.1 Å². The minimum absolute atomic E-state index is 0.281. The molecule has 0 N–H and O–H groups in total. The van der Waals surface area contributed by atoms with E-state index >= 15 is 0 Å². The molecule has 1 saturated heterocycles. The van der Waals surface area contributed by atoms with E-state index in [9.17, 15) is 9.59 Å². The molecule has 1 aliphatic heterocycles. The van der Waals surface area contributed by atoms with Gasteiger partial charge in [0.1, 0.15) is 10.6 Å². The molecule has 0 spiro atoms. The van der Waals surface area contributed by atoms with Crippen molar-refractivity contribution in [2.75, 3.05) is 38.2 Å². The normalized spacial score (nSPS) is 14.1. The Balaban J connectivity index is 1.40. The SMILES string of the molecule is COC(=O)c1ccc(-c2ccc(-c3nnc(N4CCN(C(=O)OC(C)(C)C)CC4)s3)cc2)cc1Cl. The Morgan fingerprint density at radius 1 is 0.943 bits per heavy atom. The summed E-state index contributed by atoms with van der Waals surface area (Å²) >= 11 is 7.78. The third-order valence-corrected chi connectivity index (χ3v) is 6.80. The summed E-state index contributed by atoms with van der Waals surface area (Å²) < 4.78 is 10.2. The van der Waals surface area contributed by atoms with Gasteiger partial charge in [-0.3, -0.25) is 0 Å². The number of piperazine rings is 1. The van der Waals surface area contributed by atoms with Gasteiger partial charge in [-0.1, -0.05) is 53.3 Å². The van der Waals surface area contributed by atoms with Crippen molar-refractivity contribution in [3.8, 4) is 21.7 Å². The Kier molecular flexibility index (Phi) is 7.28. The van der Waals surface area contributed by atoms with Crippen molar-refractivity contribution in [2.24, 2.45) is 0 Å². The number of hydrogen-bond acceptors (Lipinski definition) is 8. The lowest BCUT2D eigenvalue weighted by atomic mass is 10.0. The molecule has 0 saturated carbocycles. The van der Waals surface area contributed by atoms with Gasteiger partial charge in [-0.15, -0.1) is 10.2 Å². The molecule has 2 aromatic carbocycles. The standard InChI is InChI=1S/C25H27ClN4O4S/c1-25(2,3)34-24(32)30-13-11-29(12-14-30)23-28-27-21(35-23)17-7-5-16(6-8-17)18-9-10-19(20(26)15-18)22(31)33-4/h5-10,15H,11-14H2,1-4H3. The van der Waals surface area contributed by atoms with Crippen LogP contribution in [0.1, 0.15) is 31.1 Å². The second-order valence-electron chi connectivity index (χ2n) is 9.11. The molecule has 8 nitrogen and oxygen atoms in total. The maximum Gasteiger partial charge on any atom is 0.410 e. The number of methoxy groups -OCH3 is 1. The minimum Gasteiger partial charge on any atom is -0.465 e. The number of hydrogen-bond donors (Lipinski definition) is 0. The Hall–Kier alpha value is -3.17. The highest BCUT2D eigenvalue weighted by molar-refractivity contribution is 7.18. The minimum atomic E-state index is -0.503. The third kappa shape index (κ3) is 5.91. The molecule has 1 aliphatic rings. The van der Waals surface area contributed by atoms with Crippen LogP contribution in [0.4, 0.5) is 9.93 Å². The highest BCUT2D eigenvalue weighted by atomic mass is 35.5. The van der Waals surface area contributed by atoms with Gasteiger partial charge in [0.25, 0.3) is 0 Å². The van der Waals surface area contributed by atoms with E-state index in [0.29, 0.717) is 36.8 Å². The van der Waals surface area contributed by atoms with Crippen LogP contribution in [0.2, 0.25) is 5.02 Å². The second kappa shape index (κ2) is 10.2. The van der Waals surface area contributed by atoms with Crippen LogP contribution in [0, 0.1) is 0 Å². The van der Waals surface area contributed by atoms with E-state index < -0.39 is 11.6 Å². The Labute approximate surface area is 213 Å². The first-order valence-corrected chi connectivity index (χ1v) is 12.4. The maximum atomic E-state index is 12.3. The molecule has 2 heterocycles. The van der Waals surface area contributed by atoms with Crippen LogP contribution >= 0.6 is 22.9 Å². The van der Waals surface area contributed by atoms with Gasteiger partial charge in [-0.05, 0) is 44.0 Å². The topological polar surface area (TPSA) is 84.9 Å². The van der Waals surface area contributed by atoms with Gasteiger partial charge in [0.05, 0.1) is 17.7 Å². The lowest BCUT2D eigenvalue weighted by Gasteiger charge is -2.35. The molecular weight excluding hydrogens is 488 g/mol. The second-order valence-corrected chi connectivity index (χ2v) is 10.5. The summed E-state index contributed by atoms with van der Waals surface area (Å²) in [6.45, 7) is 8.11. The predicted molar refractivity (Wildman–Crippen MR) is 137 cm³/mol. The number of carbonyl (C=O) groups excluding carboxylic acids is 2. The van der Waals surface area contributed by atoms with Crippen molar-refractivity contribution >= 4 is 40.1 Å². The van der Waals surface area contributed by atoms with Crippen molar-refractivity contribution in [3.05, 3.63) is 53.1 Å². The summed E-state index contributed by atoms with van der Waals surface area (Å²) in [7, 11) is 1.33. The van der Waals surface area contributed by atoms with Crippen LogP contribution in [-0.4, -0.2) is 66.0 Å². The van der Waals surface area contributed by atoms with E-state index in [1.54, 1.807) is 17.0 Å². The van der Waals surface area contributed by atoms with Gasteiger partial charge < -0.3 is 19.3 Å². The van der Waals surface area contributed by atoms with E-state index in [2.05, 4.69) is 15.1 Å². The van der Waals surface area contributed by atoms with E-state index in [0.717, 1.165) is 26.8 Å².